The number of fused-ring (bicyclic) bond motifs is 1. The van der Waals surface area contributed by atoms with E-state index in [1.807, 2.05) is 42.6 Å². The Balaban J connectivity index is 1.32. The van der Waals surface area contributed by atoms with Crippen LogP contribution in [0, 0.1) is 5.92 Å². The van der Waals surface area contributed by atoms with Gasteiger partial charge in [0, 0.05) is 23.8 Å². The molecule has 0 unspecified atom stereocenters. The van der Waals surface area contributed by atoms with E-state index in [2.05, 4.69) is 22.9 Å². The number of piperidine rings is 1. The van der Waals surface area contributed by atoms with Crippen molar-refractivity contribution in [2.45, 2.75) is 32.7 Å². The highest BCUT2D eigenvalue weighted by Gasteiger charge is 2.16. The Hall–Kier alpha value is -3.44. The number of allylic oxidation sites excluding steroid dienone is 2. The topological polar surface area (TPSA) is 62.4 Å². The zero-order valence-corrected chi connectivity index (χ0v) is 19.9. The lowest BCUT2D eigenvalue weighted by molar-refractivity contribution is -0.121. The average molecular weight is 457 g/mol. The fourth-order valence-corrected chi connectivity index (χ4v) is 4.30. The van der Waals surface area contributed by atoms with Crippen molar-refractivity contribution in [3.05, 3.63) is 77.5 Å². The number of carbonyl (C=O) groups is 2. The van der Waals surface area contributed by atoms with Crippen molar-refractivity contribution in [2.24, 2.45) is 5.92 Å². The van der Waals surface area contributed by atoms with Crippen LogP contribution in [0.5, 0.6) is 5.75 Å². The van der Waals surface area contributed by atoms with Gasteiger partial charge in [0.25, 0.3) is 0 Å². The van der Waals surface area contributed by atoms with Gasteiger partial charge >= 0.3 is 0 Å². The maximum absolute atomic E-state index is 12.3. The molecule has 0 saturated carbocycles. The first-order chi connectivity index (χ1) is 16.5. The Morgan fingerprint density at radius 1 is 1.03 bits per heavy atom. The van der Waals surface area contributed by atoms with E-state index in [1.165, 1.54) is 30.6 Å². The second-order valence-corrected chi connectivity index (χ2v) is 9.14. The SMILES string of the molecule is COc1cc(CN2CCC(C)CC2)ccc1/C=C/C(=O)CC(=O)/C=C/c1ccc2cc[nH]c2c1. The standard InChI is InChI=1S/C29H32N2O3/c1-21-12-15-31(16-13-21)20-23-4-7-25(29(18-23)34-2)8-10-27(33)19-26(32)9-5-22-3-6-24-11-14-30-28(24)17-22/h3-11,14,17-18,21,30H,12-13,15-16,19-20H2,1-2H3/b9-5+,10-8+. The number of aromatic amines is 1. The summed E-state index contributed by atoms with van der Waals surface area (Å²) >= 11 is 0. The highest BCUT2D eigenvalue weighted by molar-refractivity contribution is 6.11. The van der Waals surface area contributed by atoms with E-state index in [0.29, 0.717) is 0 Å². The minimum absolute atomic E-state index is 0.161. The summed E-state index contributed by atoms with van der Waals surface area (Å²) < 4.78 is 5.56. The van der Waals surface area contributed by atoms with Gasteiger partial charge in [-0.15, -0.1) is 0 Å². The van der Waals surface area contributed by atoms with E-state index in [0.717, 1.165) is 53.3 Å². The van der Waals surface area contributed by atoms with Gasteiger partial charge in [-0.2, -0.15) is 0 Å². The summed E-state index contributed by atoms with van der Waals surface area (Å²) in [7, 11) is 1.64. The molecular formula is C29H32N2O3. The first kappa shape index (κ1) is 23.7. The van der Waals surface area contributed by atoms with Crippen LogP contribution in [-0.2, 0) is 16.1 Å². The monoisotopic (exact) mass is 456 g/mol. The van der Waals surface area contributed by atoms with Gasteiger partial charge in [-0.25, -0.2) is 0 Å². The van der Waals surface area contributed by atoms with Gasteiger partial charge in [-0.3, -0.25) is 14.5 Å². The molecule has 176 valence electrons. The first-order valence-corrected chi connectivity index (χ1v) is 11.9. The summed E-state index contributed by atoms with van der Waals surface area (Å²) in [5.41, 5.74) is 3.95. The van der Waals surface area contributed by atoms with Crippen LogP contribution in [0.4, 0.5) is 0 Å². The van der Waals surface area contributed by atoms with E-state index in [9.17, 15) is 9.59 Å². The molecule has 5 nitrogen and oxygen atoms in total. The molecule has 2 heterocycles. The quantitative estimate of drug-likeness (QED) is 0.333. The van der Waals surface area contributed by atoms with Crippen molar-refractivity contribution in [1.29, 1.82) is 0 Å². The third-order valence-electron chi connectivity index (χ3n) is 6.42. The molecule has 5 heteroatoms. The summed E-state index contributed by atoms with van der Waals surface area (Å²) in [6, 6.07) is 14.0. The molecule has 0 aliphatic carbocycles. The molecule has 4 rings (SSSR count). The average Bonchev–Trinajstić information content (AvgIpc) is 3.31. The van der Waals surface area contributed by atoms with Crippen LogP contribution in [0.15, 0.2) is 60.8 Å². The van der Waals surface area contributed by atoms with Crippen LogP contribution in [0.1, 0.15) is 42.9 Å². The molecule has 1 aliphatic rings. The predicted molar refractivity (Wildman–Crippen MR) is 138 cm³/mol. The number of nitrogens with zero attached hydrogens (tertiary/aromatic N) is 1. The van der Waals surface area contributed by atoms with Crippen LogP contribution >= 0.6 is 0 Å². The minimum Gasteiger partial charge on any atom is -0.496 e. The molecule has 3 aromatic rings. The van der Waals surface area contributed by atoms with Crippen molar-refractivity contribution in [1.82, 2.24) is 9.88 Å². The van der Waals surface area contributed by atoms with E-state index < -0.39 is 0 Å². The Kier molecular flexibility index (Phi) is 7.76. The lowest BCUT2D eigenvalue weighted by atomic mass is 9.98. The summed E-state index contributed by atoms with van der Waals surface area (Å²) in [5, 5.41) is 1.12. The fraction of sp³-hybridized carbons (Fsp3) is 0.310. The lowest BCUT2D eigenvalue weighted by Crippen LogP contribution is -2.32. The van der Waals surface area contributed by atoms with Gasteiger partial charge in [0.15, 0.2) is 11.6 Å². The summed E-state index contributed by atoms with van der Waals surface area (Å²) in [6.07, 6.45) is 10.6. The lowest BCUT2D eigenvalue weighted by Gasteiger charge is -2.30. The molecule has 0 spiro atoms. The Bertz CT molecular complexity index is 1210. The number of likely N-dealkylation sites (tertiary alicyclic amines) is 1. The van der Waals surface area contributed by atoms with Gasteiger partial charge < -0.3 is 9.72 Å². The molecule has 2 aromatic carbocycles. The van der Waals surface area contributed by atoms with E-state index >= 15 is 0 Å². The zero-order valence-electron chi connectivity index (χ0n) is 19.9. The van der Waals surface area contributed by atoms with Gasteiger partial charge in [0.05, 0.1) is 13.5 Å². The van der Waals surface area contributed by atoms with E-state index in [-0.39, 0.29) is 18.0 Å². The molecule has 1 aliphatic heterocycles. The van der Waals surface area contributed by atoms with Gasteiger partial charge in [0.1, 0.15) is 5.75 Å². The molecule has 1 N–H and O–H groups in total. The van der Waals surface area contributed by atoms with Crippen molar-refractivity contribution in [3.63, 3.8) is 0 Å². The van der Waals surface area contributed by atoms with Gasteiger partial charge in [-0.05, 0) is 84.8 Å². The predicted octanol–water partition coefficient (Wildman–Crippen LogP) is 5.66. The second-order valence-electron chi connectivity index (χ2n) is 9.14. The van der Waals surface area contributed by atoms with Gasteiger partial charge in [-0.1, -0.05) is 37.3 Å². The number of hydrogen-bond donors (Lipinski definition) is 1. The Morgan fingerprint density at radius 3 is 2.56 bits per heavy atom. The Labute approximate surface area is 201 Å². The molecule has 0 radical (unpaired) electrons. The van der Waals surface area contributed by atoms with Crippen LogP contribution < -0.4 is 4.74 Å². The molecule has 0 bridgehead atoms. The van der Waals surface area contributed by atoms with Crippen LogP contribution in [0.3, 0.4) is 0 Å². The maximum Gasteiger partial charge on any atom is 0.163 e. The molecule has 0 amide bonds. The maximum atomic E-state index is 12.3. The van der Waals surface area contributed by atoms with Crippen molar-refractivity contribution in [3.8, 4) is 5.75 Å². The zero-order chi connectivity index (χ0) is 23.9. The Morgan fingerprint density at radius 2 is 1.79 bits per heavy atom. The molecule has 1 aromatic heterocycles. The third kappa shape index (κ3) is 6.33. The largest absolute Gasteiger partial charge is 0.496 e. The van der Waals surface area contributed by atoms with E-state index in [1.54, 1.807) is 19.3 Å². The molecule has 34 heavy (non-hydrogen) atoms. The number of aromatic nitrogens is 1. The highest BCUT2D eigenvalue weighted by Crippen LogP contribution is 2.24. The number of benzene rings is 2. The number of carbonyl (C=O) groups excluding carboxylic acids is 2. The first-order valence-electron chi connectivity index (χ1n) is 11.9. The normalized spacial score (nSPS) is 15.5. The molecule has 1 saturated heterocycles. The highest BCUT2D eigenvalue weighted by atomic mass is 16.5. The number of hydrogen-bond acceptors (Lipinski definition) is 4. The number of rotatable bonds is 9. The van der Waals surface area contributed by atoms with Crippen molar-refractivity contribution < 1.29 is 14.3 Å². The molecular weight excluding hydrogens is 424 g/mol. The molecule has 1 fully saturated rings. The minimum atomic E-state index is -0.233. The summed E-state index contributed by atoms with van der Waals surface area (Å²) in [5.74, 6) is 1.09. The summed E-state index contributed by atoms with van der Waals surface area (Å²) in [6.45, 7) is 5.48. The number of methoxy groups -OCH3 is 1. The number of ketones is 2. The van der Waals surface area contributed by atoms with Crippen LogP contribution in [0.2, 0.25) is 0 Å². The van der Waals surface area contributed by atoms with Gasteiger partial charge in [0.2, 0.25) is 0 Å². The fourth-order valence-electron chi connectivity index (χ4n) is 4.30. The number of nitrogens with one attached hydrogen (secondary N) is 1. The van der Waals surface area contributed by atoms with Crippen LogP contribution in [0.25, 0.3) is 23.1 Å². The summed E-state index contributed by atoms with van der Waals surface area (Å²) in [4.78, 5) is 30.2. The van der Waals surface area contributed by atoms with Crippen LogP contribution in [-0.4, -0.2) is 41.6 Å². The van der Waals surface area contributed by atoms with Crippen molar-refractivity contribution >= 4 is 34.6 Å². The molecule has 0 atom stereocenters. The van der Waals surface area contributed by atoms with Crippen molar-refractivity contribution in [2.75, 3.05) is 20.2 Å². The number of ether oxygens (including phenoxy) is 1. The smallest absolute Gasteiger partial charge is 0.163 e. The second kappa shape index (κ2) is 11.1. The van der Waals surface area contributed by atoms with E-state index in [4.69, 9.17) is 4.74 Å². The number of H-pyrrole nitrogens is 1. The third-order valence-corrected chi connectivity index (χ3v) is 6.42.